The first-order chi connectivity index (χ1) is 13.5. The van der Waals surface area contributed by atoms with Crippen LogP contribution < -0.4 is 10.6 Å². The summed E-state index contributed by atoms with van der Waals surface area (Å²) in [6.45, 7) is 0. The quantitative estimate of drug-likeness (QED) is 0.615. The Bertz CT molecular complexity index is 979. The second-order valence-electron chi connectivity index (χ2n) is 5.83. The second kappa shape index (κ2) is 8.96. The van der Waals surface area contributed by atoms with Gasteiger partial charge in [0.2, 0.25) is 5.91 Å². The number of esters is 1. The third kappa shape index (κ3) is 5.05. The number of methoxy groups -OCH3 is 1. The van der Waals surface area contributed by atoms with Gasteiger partial charge in [0.25, 0.3) is 0 Å². The average molecular weight is 397 g/mol. The first-order valence-electron chi connectivity index (χ1n) is 8.37. The summed E-state index contributed by atoms with van der Waals surface area (Å²) < 4.78 is 4.70. The molecule has 0 atom stereocenters. The maximum atomic E-state index is 12.1. The molecule has 0 radical (unpaired) electrons. The van der Waals surface area contributed by atoms with E-state index in [-0.39, 0.29) is 12.3 Å². The van der Waals surface area contributed by atoms with Gasteiger partial charge in [0.15, 0.2) is 11.6 Å². The van der Waals surface area contributed by atoms with Gasteiger partial charge in [-0.3, -0.25) is 4.79 Å². The van der Waals surface area contributed by atoms with Crippen LogP contribution in [0.25, 0.3) is 0 Å². The molecule has 0 saturated carbocycles. The van der Waals surface area contributed by atoms with E-state index >= 15 is 0 Å². The molecule has 8 heteroatoms. The largest absolute Gasteiger partial charge is 0.465 e. The van der Waals surface area contributed by atoms with Crippen molar-refractivity contribution in [3.05, 3.63) is 76.8 Å². The molecule has 2 N–H and O–H groups in total. The third-order valence-electron chi connectivity index (χ3n) is 3.79. The Morgan fingerprint density at radius 2 is 1.71 bits per heavy atom. The summed E-state index contributed by atoms with van der Waals surface area (Å²) in [6, 6.07) is 17.4. The number of amides is 1. The van der Waals surface area contributed by atoms with Crippen LogP contribution in [0.4, 0.5) is 17.3 Å². The van der Waals surface area contributed by atoms with Gasteiger partial charge in [-0.05, 0) is 35.9 Å². The van der Waals surface area contributed by atoms with Gasteiger partial charge in [0, 0.05) is 0 Å². The van der Waals surface area contributed by atoms with Crippen LogP contribution in [0.1, 0.15) is 15.9 Å². The van der Waals surface area contributed by atoms with E-state index in [1.807, 2.05) is 30.3 Å². The number of hydrogen-bond donors (Lipinski definition) is 2. The molecule has 0 bridgehead atoms. The zero-order chi connectivity index (χ0) is 19.9. The van der Waals surface area contributed by atoms with Crippen molar-refractivity contribution >= 4 is 40.8 Å². The van der Waals surface area contributed by atoms with Crippen LogP contribution in [0.3, 0.4) is 0 Å². The predicted octanol–water partition coefficient (Wildman–Crippen LogP) is 3.84. The van der Waals surface area contributed by atoms with Gasteiger partial charge >= 0.3 is 5.97 Å². The van der Waals surface area contributed by atoms with Crippen LogP contribution in [0.15, 0.2) is 60.7 Å². The summed E-state index contributed by atoms with van der Waals surface area (Å²) in [5.74, 6) is 0.0863. The molecule has 1 heterocycles. The maximum Gasteiger partial charge on any atom is 0.337 e. The number of nitrogens with zero attached hydrogens (tertiary/aromatic N) is 2. The van der Waals surface area contributed by atoms with Crippen molar-refractivity contribution in [3.8, 4) is 0 Å². The van der Waals surface area contributed by atoms with Crippen molar-refractivity contribution < 1.29 is 14.3 Å². The Balaban J connectivity index is 1.65. The molecule has 0 aliphatic rings. The van der Waals surface area contributed by atoms with Crippen molar-refractivity contribution in [1.82, 2.24) is 10.2 Å². The van der Waals surface area contributed by atoms with E-state index in [0.29, 0.717) is 27.9 Å². The summed E-state index contributed by atoms with van der Waals surface area (Å²) in [7, 11) is 1.31. The third-order valence-corrected chi connectivity index (χ3v) is 4.12. The van der Waals surface area contributed by atoms with E-state index in [1.54, 1.807) is 30.3 Å². The number of aromatic nitrogens is 2. The van der Waals surface area contributed by atoms with Gasteiger partial charge < -0.3 is 15.4 Å². The Hall–Kier alpha value is -3.45. The zero-order valence-electron chi connectivity index (χ0n) is 15.0. The molecule has 1 amide bonds. The summed E-state index contributed by atoms with van der Waals surface area (Å²) >= 11 is 6.15. The fourth-order valence-corrected chi connectivity index (χ4v) is 2.60. The second-order valence-corrected chi connectivity index (χ2v) is 6.23. The Morgan fingerprint density at radius 1 is 1.00 bits per heavy atom. The van der Waals surface area contributed by atoms with Crippen LogP contribution in [-0.2, 0) is 16.0 Å². The number of rotatable bonds is 6. The summed E-state index contributed by atoms with van der Waals surface area (Å²) in [6.07, 6.45) is 0.248. The molecule has 0 fully saturated rings. The molecule has 0 saturated heterocycles. The molecule has 0 aliphatic heterocycles. The highest BCUT2D eigenvalue weighted by Gasteiger charge is 2.10. The van der Waals surface area contributed by atoms with Crippen molar-refractivity contribution in [1.29, 1.82) is 0 Å². The topological polar surface area (TPSA) is 93.2 Å². The first kappa shape index (κ1) is 19.3. The van der Waals surface area contributed by atoms with Gasteiger partial charge in [-0.2, -0.15) is 0 Å². The number of nitrogens with one attached hydrogen (secondary N) is 2. The number of carbonyl (C=O) groups is 2. The standard InChI is InChI=1S/C20H17ClN4O3/c1-28-20(27)14-7-8-15(21)16(12-14)22-17-9-10-18(25-24-17)23-19(26)11-13-5-3-2-4-6-13/h2-10,12H,11H2,1H3,(H,22,24)(H,23,25,26). The fraction of sp³-hybridized carbons (Fsp3) is 0.100. The van der Waals surface area contributed by atoms with Crippen molar-refractivity contribution in [3.63, 3.8) is 0 Å². The van der Waals surface area contributed by atoms with Gasteiger partial charge in [-0.25, -0.2) is 4.79 Å². The minimum atomic E-state index is -0.470. The molecular weight excluding hydrogens is 380 g/mol. The van der Waals surface area contributed by atoms with Crippen molar-refractivity contribution in [2.45, 2.75) is 6.42 Å². The number of benzene rings is 2. The van der Waals surface area contributed by atoms with E-state index < -0.39 is 5.97 Å². The van der Waals surface area contributed by atoms with E-state index in [9.17, 15) is 9.59 Å². The van der Waals surface area contributed by atoms with Crippen LogP contribution in [0, 0.1) is 0 Å². The lowest BCUT2D eigenvalue weighted by molar-refractivity contribution is -0.115. The smallest absolute Gasteiger partial charge is 0.337 e. The lowest BCUT2D eigenvalue weighted by Crippen LogP contribution is -2.15. The summed E-state index contributed by atoms with van der Waals surface area (Å²) in [5.41, 5.74) is 1.75. The van der Waals surface area contributed by atoms with E-state index in [2.05, 4.69) is 20.8 Å². The molecule has 0 unspecified atom stereocenters. The van der Waals surface area contributed by atoms with Gasteiger partial charge in [0.1, 0.15) is 0 Å². The average Bonchev–Trinajstić information content (AvgIpc) is 2.71. The van der Waals surface area contributed by atoms with Gasteiger partial charge in [-0.15, -0.1) is 10.2 Å². The van der Waals surface area contributed by atoms with Crippen molar-refractivity contribution in [2.75, 3.05) is 17.7 Å². The maximum absolute atomic E-state index is 12.1. The molecule has 142 valence electrons. The van der Waals surface area contributed by atoms with Gasteiger partial charge in [-0.1, -0.05) is 41.9 Å². The minimum absolute atomic E-state index is 0.185. The number of hydrogen-bond acceptors (Lipinski definition) is 6. The number of halogens is 1. The Labute approximate surface area is 166 Å². The highest BCUT2D eigenvalue weighted by molar-refractivity contribution is 6.33. The molecule has 28 heavy (non-hydrogen) atoms. The van der Waals surface area contributed by atoms with Gasteiger partial charge in [0.05, 0.1) is 29.8 Å². The lowest BCUT2D eigenvalue weighted by Gasteiger charge is -2.09. The highest BCUT2D eigenvalue weighted by atomic mass is 35.5. The summed E-state index contributed by atoms with van der Waals surface area (Å²) in [5, 5.41) is 14.1. The molecule has 0 aliphatic carbocycles. The number of carbonyl (C=O) groups excluding carboxylic acids is 2. The fourth-order valence-electron chi connectivity index (χ4n) is 2.44. The summed E-state index contributed by atoms with van der Waals surface area (Å²) in [4.78, 5) is 23.7. The lowest BCUT2D eigenvalue weighted by atomic mass is 10.1. The zero-order valence-corrected chi connectivity index (χ0v) is 15.7. The van der Waals surface area contributed by atoms with Crippen LogP contribution in [0.2, 0.25) is 5.02 Å². The molecule has 0 spiro atoms. The Morgan fingerprint density at radius 3 is 2.39 bits per heavy atom. The molecule has 1 aromatic heterocycles. The molecule has 3 rings (SSSR count). The van der Waals surface area contributed by atoms with Crippen LogP contribution in [-0.4, -0.2) is 29.2 Å². The van der Waals surface area contributed by atoms with Crippen LogP contribution >= 0.6 is 11.6 Å². The van der Waals surface area contributed by atoms with E-state index in [0.717, 1.165) is 5.56 Å². The van der Waals surface area contributed by atoms with E-state index in [1.165, 1.54) is 7.11 Å². The van der Waals surface area contributed by atoms with Crippen LogP contribution in [0.5, 0.6) is 0 Å². The molecule has 7 nitrogen and oxygen atoms in total. The number of ether oxygens (including phenoxy) is 1. The molecule has 3 aromatic rings. The number of anilines is 3. The van der Waals surface area contributed by atoms with E-state index in [4.69, 9.17) is 16.3 Å². The monoisotopic (exact) mass is 396 g/mol. The normalized spacial score (nSPS) is 10.2. The minimum Gasteiger partial charge on any atom is -0.465 e. The molecular formula is C20H17ClN4O3. The predicted molar refractivity (Wildman–Crippen MR) is 107 cm³/mol. The highest BCUT2D eigenvalue weighted by Crippen LogP contribution is 2.26. The SMILES string of the molecule is COC(=O)c1ccc(Cl)c(Nc2ccc(NC(=O)Cc3ccccc3)nn2)c1. The first-order valence-corrected chi connectivity index (χ1v) is 8.75. The van der Waals surface area contributed by atoms with Crippen molar-refractivity contribution in [2.24, 2.45) is 0 Å². The Kier molecular flexibility index (Phi) is 6.18. The molecule has 2 aromatic carbocycles.